The molecule has 1 unspecified atom stereocenters. The van der Waals surface area contributed by atoms with Crippen molar-refractivity contribution in [3.8, 4) is 0 Å². The summed E-state index contributed by atoms with van der Waals surface area (Å²) in [5.41, 5.74) is 3.08. The lowest BCUT2D eigenvalue weighted by molar-refractivity contribution is 0.0695. The number of anilines is 2. The van der Waals surface area contributed by atoms with Gasteiger partial charge in [0.1, 0.15) is 12.1 Å². The van der Waals surface area contributed by atoms with E-state index < -0.39 is 5.18 Å². The molecule has 2 aliphatic rings. The molecule has 1 aromatic carbocycles. The zero-order chi connectivity index (χ0) is 18.7. The number of ether oxygens (including phenoxy) is 2. The van der Waals surface area contributed by atoms with Gasteiger partial charge in [-0.2, -0.15) is 0 Å². The van der Waals surface area contributed by atoms with E-state index in [-0.39, 0.29) is 6.61 Å². The Morgan fingerprint density at radius 1 is 1.30 bits per heavy atom. The second-order valence-electron chi connectivity index (χ2n) is 6.65. The van der Waals surface area contributed by atoms with Crippen LogP contribution in [0.5, 0.6) is 0 Å². The van der Waals surface area contributed by atoms with Crippen molar-refractivity contribution in [3.63, 3.8) is 0 Å². The summed E-state index contributed by atoms with van der Waals surface area (Å²) in [6.45, 7) is 3.63. The molecule has 0 aliphatic carbocycles. The van der Waals surface area contributed by atoms with Gasteiger partial charge in [-0.05, 0) is 31.9 Å². The summed E-state index contributed by atoms with van der Waals surface area (Å²) in [4.78, 5) is 13.1. The molecular weight excluding hydrogens is 366 g/mol. The molecule has 142 valence electrons. The molecule has 27 heavy (non-hydrogen) atoms. The summed E-state index contributed by atoms with van der Waals surface area (Å²) in [6.07, 6.45) is 3.48. The summed E-state index contributed by atoms with van der Waals surface area (Å²) >= 11 is 6.66. The Hall–Kier alpha value is -2.22. The van der Waals surface area contributed by atoms with Crippen LogP contribution in [0.1, 0.15) is 25.5 Å². The number of nitrogens with zero attached hydrogens (tertiary/aromatic N) is 3. The molecule has 4 rings (SSSR count). The lowest BCUT2D eigenvalue weighted by atomic mass is 10.1. The van der Waals surface area contributed by atoms with E-state index in [1.54, 1.807) is 0 Å². The van der Waals surface area contributed by atoms with Crippen LogP contribution < -0.4 is 10.6 Å². The fraction of sp³-hybridized carbons (Fsp3) is 0.421. The highest BCUT2D eigenvalue weighted by Gasteiger charge is 2.36. The molecule has 0 radical (unpaired) electrons. The number of aliphatic imine (C=N–C) groups is 1. The van der Waals surface area contributed by atoms with Gasteiger partial charge in [-0.1, -0.05) is 23.7 Å². The summed E-state index contributed by atoms with van der Waals surface area (Å²) in [7, 11) is 0. The van der Waals surface area contributed by atoms with Crippen molar-refractivity contribution >= 4 is 34.5 Å². The van der Waals surface area contributed by atoms with Crippen LogP contribution in [0.15, 0.2) is 41.7 Å². The number of rotatable bonds is 5. The van der Waals surface area contributed by atoms with Crippen LogP contribution in [0.25, 0.3) is 0 Å². The minimum atomic E-state index is -1.20. The van der Waals surface area contributed by atoms with Crippen LogP contribution in [0.3, 0.4) is 0 Å². The van der Waals surface area contributed by atoms with Gasteiger partial charge in [0.2, 0.25) is 0 Å². The molecule has 2 aromatic rings. The standard InChI is InChI=1S/C19H22ClN5O2/c1-13-19(20,25-17-5-3-2-4-16(17)23-13)27-11-15-10-18(22-12-21-15)24-14-6-8-26-9-7-14/h2-5,10,12,14,25H,6-9,11H2,1H3,(H,21,22,24). The highest BCUT2D eigenvalue weighted by Crippen LogP contribution is 2.36. The quantitative estimate of drug-likeness (QED) is 0.601. The second-order valence-corrected chi connectivity index (χ2v) is 7.18. The monoisotopic (exact) mass is 387 g/mol. The fourth-order valence-corrected chi connectivity index (χ4v) is 3.31. The molecular formula is C19H22ClN5O2. The normalized spacial score (nSPS) is 22.5. The zero-order valence-electron chi connectivity index (χ0n) is 15.1. The van der Waals surface area contributed by atoms with Gasteiger partial charge in [0, 0.05) is 25.3 Å². The van der Waals surface area contributed by atoms with Crippen molar-refractivity contribution in [1.82, 2.24) is 9.97 Å². The molecule has 3 heterocycles. The number of benzene rings is 1. The maximum atomic E-state index is 6.66. The average Bonchev–Trinajstić information content (AvgIpc) is 2.69. The van der Waals surface area contributed by atoms with Crippen LogP contribution in [0.4, 0.5) is 17.2 Å². The van der Waals surface area contributed by atoms with Crippen molar-refractivity contribution in [2.75, 3.05) is 23.8 Å². The van der Waals surface area contributed by atoms with Gasteiger partial charge >= 0.3 is 0 Å². The molecule has 2 aliphatic heterocycles. The Kier molecular flexibility index (Phi) is 5.24. The Morgan fingerprint density at radius 3 is 2.96 bits per heavy atom. The molecule has 1 aromatic heterocycles. The second kappa shape index (κ2) is 7.80. The lowest BCUT2D eigenvalue weighted by Gasteiger charge is -2.33. The van der Waals surface area contributed by atoms with Crippen LogP contribution in [0.2, 0.25) is 0 Å². The van der Waals surface area contributed by atoms with Crippen LogP contribution in [-0.4, -0.2) is 40.1 Å². The van der Waals surface area contributed by atoms with Crippen LogP contribution in [0, 0.1) is 0 Å². The average molecular weight is 388 g/mol. The highest BCUT2D eigenvalue weighted by molar-refractivity contribution is 6.36. The smallest absolute Gasteiger partial charge is 0.257 e. The van der Waals surface area contributed by atoms with Gasteiger partial charge < -0.3 is 20.1 Å². The molecule has 0 saturated carbocycles. The Balaban J connectivity index is 1.42. The predicted octanol–water partition coefficient (Wildman–Crippen LogP) is 3.69. The van der Waals surface area contributed by atoms with Crippen molar-refractivity contribution in [3.05, 3.63) is 42.4 Å². The topological polar surface area (TPSA) is 80.7 Å². The number of halogens is 1. The fourth-order valence-electron chi connectivity index (χ4n) is 3.11. The van der Waals surface area contributed by atoms with E-state index in [1.165, 1.54) is 6.33 Å². The highest BCUT2D eigenvalue weighted by atomic mass is 35.5. The molecule has 7 nitrogen and oxygen atoms in total. The third-order valence-electron chi connectivity index (χ3n) is 4.67. The van der Waals surface area contributed by atoms with E-state index >= 15 is 0 Å². The zero-order valence-corrected chi connectivity index (χ0v) is 15.9. The number of para-hydroxylation sites is 2. The van der Waals surface area contributed by atoms with Gasteiger partial charge in [0.25, 0.3) is 5.18 Å². The van der Waals surface area contributed by atoms with Crippen molar-refractivity contribution in [1.29, 1.82) is 0 Å². The predicted molar refractivity (Wildman–Crippen MR) is 106 cm³/mol. The third kappa shape index (κ3) is 4.21. The molecule has 8 heteroatoms. The van der Waals surface area contributed by atoms with Gasteiger partial charge in [-0.3, -0.25) is 0 Å². The van der Waals surface area contributed by atoms with E-state index in [0.29, 0.717) is 11.8 Å². The Labute approximate surface area is 163 Å². The van der Waals surface area contributed by atoms with Crippen LogP contribution >= 0.6 is 11.6 Å². The van der Waals surface area contributed by atoms with Gasteiger partial charge in [-0.25, -0.2) is 15.0 Å². The number of fused-ring (bicyclic) bond motifs is 1. The van der Waals surface area contributed by atoms with Gasteiger partial charge in [0.15, 0.2) is 0 Å². The summed E-state index contributed by atoms with van der Waals surface area (Å²) in [6, 6.07) is 9.98. The first-order chi connectivity index (χ1) is 13.1. The van der Waals surface area contributed by atoms with Crippen LogP contribution in [-0.2, 0) is 16.1 Å². The van der Waals surface area contributed by atoms with Gasteiger partial charge in [0.05, 0.1) is 29.4 Å². The minimum absolute atomic E-state index is 0.233. The SMILES string of the molecule is CC1=Nc2ccccc2NC1(Cl)OCc1cc(NC2CCOCC2)ncn1. The molecule has 0 spiro atoms. The summed E-state index contributed by atoms with van der Waals surface area (Å²) in [5, 5.41) is 5.44. The van der Waals surface area contributed by atoms with E-state index in [4.69, 9.17) is 21.1 Å². The number of hydrogen-bond donors (Lipinski definition) is 2. The van der Waals surface area contributed by atoms with Crippen molar-refractivity contribution < 1.29 is 9.47 Å². The molecule has 0 bridgehead atoms. The summed E-state index contributed by atoms with van der Waals surface area (Å²) in [5.74, 6) is 0.784. The van der Waals surface area contributed by atoms with E-state index in [2.05, 4.69) is 25.6 Å². The first-order valence-corrected chi connectivity index (χ1v) is 9.41. The van der Waals surface area contributed by atoms with Crippen molar-refractivity contribution in [2.45, 2.75) is 37.6 Å². The Morgan fingerprint density at radius 2 is 2.11 bits per heavy atom. The molecule has 1 fully saturated rings. The molecule has 1 atom stereocenters. The number of alkyl halides is 1. The first-order valence-electron chi connectivity index (χ1n) is 9.03. The largest absolute Gasteiger partial charge is 0.381 e. The third-order valence-corrected chi connectivity index (χ3v) is 5.15. The number of hydrogen-bond acceptors (Lipinski definition) is 7. The number of nitrogens with one attached hydrogen (secondary N) is 2. The van der Waals surface area contributed by atoms with Gasteiger partial charge in [-0.15, -0.1) is 0 Å². The molecule has 0 amide bonds. The Bertz CT molecular complexity index is 840. The number of aromatic nitrogens is 2. The van der Waals surface area contributed by atoms with E-state index in [9.17, 15) is 0 Å². The molecule has 1 saturated heterocycles. The molecule has 2 N–H and O–H groups in total. The lowest BCUT2D eigenvalue weighted by Crippen LogP contribution is -2.43. The summed E-state index contributed by atoms with van der Waals surface area (Å²) < 4.78 is 11.3. The maximum absolute atomic E-state index is 6.66. The maximum Gasteiger partial charge on any atom is 0.257 e. The minimum Gasteiger partial charge on any atom is -0.381 e. The first kappa shape index (κ1) is 18.2. The van der Waals surface area contributed by atoms with E-state index in [0.717, 1.165) is 48.9 Å². The van der Waals surface area contributed by atoms with Crippen molar-refractivity contribution in [2.24, 2.45) is 4.99 Å². The van der Waals surface area contributed by atoms with E-state index in [1.807, 2.05) is 37.3 Å².